The van der Waals surface area contributed by atoms with Crippen molar-refractivity contribution >= 4 is 23.2 Å². The Balaban J connectivity index is 1.90. The highest BCUT2D eigenvalue weighted by Crippen LogP contribution is 2.17. The maximum Gasteiger partial charge on any atom is 0.259 e. The van der Waals surface area contributed by atoms with Gasteiger partial charge >= 0.3 is 0 Å². The van der Waals surface area contributed by atoms with Crippen molar-refractivity contribution in [2.75, 3.05) is 11.9 Å². The summed E-state index contributed by atoms with van der Waals surface area (Å²) in [5.74, 6) is -0.181. The molecule has 1 amide bonds. The van der Waals surface area contributed by atoms with Crippen molar-refractivity contribution in [1.29, 1.82) is 0 Å². The number of pyridine rings is 1. The summed E-state index contributed by atoms with van der Waals surface area (Å²) in [5, 5.41) is 0.590. The first-order valence-corrected chi connectivity index (χ1v) is 8.21. The van der Waals surface area contributed by atoms with E-state index in [1.54, 1.807) is 30.3 Å². The lowest BCUT2D eigenvalue weighted by atomic mass is 10.2. The third-order valence-electron chi connectivity index (χ3n) is 3.98. The zero-order chi connectivity index (χ0) is 17.8. The Hall–Kier alpha value is -2.85. The molecule has 0 aliphatic heterocycles. The van der Waals surface area contributed by atoms with E-state index >= 15 is 0 Å². The molecule has 4 nitrogen and oxygen atoms in total. The van der Waals surface area contributed by atoms with E-state index < -0.39 is 0 Å². The molecule has 0 saturated heterocycles. The van der Waals surface area contributed by atoms with Gasteiger partial charge in [-0.25, -0.2) is 0 Å². The standard InChI is InChI=1S/C20H17ClN2O2/c1-22(17-8-3-2-4-9-17)20(25)16-11-12-19(24)23(14-16)13-15-7-5-6-10-18(15)21/h2-12,14H,13H2,1H3. The summed E-state index contributed by atoms with van der Waals surface area (Å²) in [6.45, 7) is 0.314. The van der Waals surface area contributed by atoms with Crippen LogP contribution in [0.3, 0.4) is 0 Å². The van der Waals surface area contributed by atoms with Crippen LogP contribution in [0.2, 0.25) is 5.02 Å². The summed E-state index contributed by atoms with van der Waals surface area (Å²) < 4.78 is 1.49. The largest absolute Gasteiger partial charge is 0.311 e. The second-order valence-electron chi connectivity index (χ2n) is 5.68. The third kappa shape index (κ3) is 3.80. The molecule has 0 saturated carbocycles. The lowest BCUT2D eigenvalue weighted by Gasteiger charge is -2.18. The number of carbonyl (C=O) groups is 1. The lowest BCUT2D eigenvalue weighted by Crippen LogP contribution is -2.28. The second kappa shape index (κ2) is 7.36. The van der Waals surface area contributed by atoms with Crippen LogP contribution >= 0.6 is 11.6 Å². The van der Waals surface area contributed by atoms with Crippen molar-refractivity contribution in [2.24, 2.45) is 0 Å². The summed E-state index contributed by atoms with van der Waals surface area (Å²) in [7, 11) is 1.71. The van der Waals surface area contributed by atoms with Gasteiger partial charge in [0.05, 0.1) is 12.1 Å². The molecule has 1 aromatic heterocycles. The van der Waals surface area contributed by atoms with Crippen LogP contribution in [0.15, 0.2) is 77.7 Å². The molecule has 3 rings (SSSR count). The van der Waals surface area contributed by atoms with Gasteiger partial charge in [-0.1, -0.05) is 48.0 Å². The average Bonchev–Trinajstić information content (AvgIpc) is 2.65. The van der Waals surface area contributed by atoms with Crippen LogP contribution in [0, 0.1) is 0 Å². The first-order valence-electron chi connectivity index (χ1n) is 7.83. The van der Waals surface area contributed by atoms with Crippen LogP contribution < -0.4 is 10.5 Å². The minimum absolute atomic E-state index is 0.181. The number of anilines is 1. The Morgan fingerprint density at radius 1 is 1.00 bits per heavy atom. The SMILES string of the molecule is CN(C(=O)c1ccc(=O)n(Cc2ccccc2Cl)c1)c1ccccc1. The van der Waals surface area contributed by atoms with Crippen LogP contribution in [0.25, 0.3) is 0 Å². The van der Waals surface area contributed by atoms with Crippen molar-refractivity contribution in [3.05, 3.63) is 99.4 Å². The van der Waals surface area contributed by atoms with E-state index in [-0.39, 0.29) is 11.5 Å². The third-order valence-corrected chi connectivity index (χ3v) is 4.35. The Labute approximate surface area is 150 Å². The summed E-state index contributed by atoms with van der Waals surface area (Å²) >= 11 is 6.17. The maximum absolute atomic E-state index is 12.7. The Morgan fingerprint density at radius 2 is 1.68 bits per heavy atom. The molecule has 5 heteroatoms. The number of aromatic nitrogens is 1. The minimum atomic E-state index is -0.182. The number of hydrogen-bond donors (Lipinski definition) is 0. The number of carbonyl (C=O) groups excluding carboxylic acids is 1. The summed E-state index contributed by atoms with van der Waals surface area (Å²) in [4.78, 5) is 26.4. The topological polar surface area (TPSA) is 42.3 Å². The Bertz CT molecular complexity index is 951. The zero-order valence-corrected chi connectivity index (χ0v) is 14.5. The molecular weight excluding hydrogens is 336 g/mol. The minimum Gasteiger partial charge on any atom is -0.311 e. The van der Waals surface area contributed by atoms with Crippen LogP contribution in [0.1, 0.15) is 15.9 Å². The fraction of sp³-hybridized carbons (Fsp3) is 0.100. The highest BCUT2D eigenvalue weighted by molar-refractivity contribution is 6.31. The number of rotatable bonds is 4. The fourth-order valence-corrected chi connectivity index (χ4v) is 2.75. The molecule has 1 heterocycles. The van der Waals surface area contributed by atoms with E-state index in [4.69, 9.17) is 11.6 Å². The normalized spacial score (nSPS) is 10.5. The molecule has 0 unspecified atom stereocenters. The predicted molar refractivity (Wildman–Crippen MR) is 100 cm³/mol. The molecule has 0 atom stereocenters. The van der Waals surface area contributed by atoms with Gasteiger partial charge in [0.25, 0.3) is 11.5 Å². The van der Waals surface area contributed by atoms with Gasteiger partial charge in [0.2, 0.25) is 0 Å². The number of nitrogens with zero attached hydrogens (tertiary/aromatic N) is 2. The van der Waals surface area contributed by atoms with E-state index in [1.165, 1.54) is 10.6 Å². The highest BCUT2D eigenvalue weighted by Gasteiger charge is 2.14. The summed E-state index contributed by atoms with van der Waals surface area (Å²) in [6, 6.07) is 19.7. The highest BCUT2D eigenvalue weighted by atomic mass is 35.5. The van der Waals surface area contributed by atoms with Gasteiger partial charge < -0.3 is 9.47 Å². The monoisotopic (exact) mass is 352 g/mol. The first kappa shape index (κ1) is 17.0. The molecule has 0 fully saturated rings. The van der Waals surface area contributed by atoms with Crippen LogP contribution in [-0.4, -0.2) is 17.5 Å². The lowest BCUT2D eigenvalue weighted by molar-refractivity contribution is 0.0992. The number of benzene rings is 2. The molecule has 0 aliphatic rings. The van der Waals surface area contributed by atoms with E-state index in [9.17, 15) is 9.59 Å². The van der Waals surface area contributed by atoms with Gasteiger partial charge in [-0.15, -0.1) is 0 Å². The molecule has 0 aliphatic carbocycles. The number of hydrogen-bond acceptors (Lipinski definition) is 2. The molecule has 25 heavy (non-hydrogen) atoms. The predicted octanol–water partition coefficient (Wildman–Crippen LogP) is 3.83. The van der Waals surface area contributed by atoms with Crippen molar-refractivity contribution in [1.82, 2.24) is 4.57 Å². The Kier molecular flexibility index (Phi) is 5.00. The zero-order valence-electron chi connectivity index (χ0n) is 13.7. The van der Waals surface area contributed by atoms with Crippen molar-refractivity contribution in [3.8, 4) is 0 Å². The van der Waals surface area contributed by atoms with Gasteiger partial charge in [0.15, 0.2) is 0 Å². The van der Waals surface area contributed by atoms with Crippen molar-refractivity contribution < 1.29 is 4.79 Å². The number of amides is 1. The number of para-hydroxylation sites is 1. The molecule has 126 valence electrons. The molecule has 3 aromatic rings. The molecular formula is C20H17ClN2O2. The smallest absolute Gasteiger partial charge is 0.259 e. The van der Waals surface area contributed by atoms with Crippen LogP contribution in [-0.2, 0) is 6.54 Å². The quantitative estimate of drug-likeness (QED) is 0.716. The number of halogens is 1. The fourth-order valence-electron chi connectivity index (χ4n) is 2.55. The van der Waals surface area contributed by atoms with Gasteiger partial charge in [0, 0.05) is 30.0 Å². The van der Waals surface area contributed by atoms with Gasteiger partial charge in [0.1, 0.15) is 0 Å². The van der Waals surface area contributed by atoms with Crippen molar-refractivity contribution in [3.63, 3.8) is 0 Å². The molecule has 0 bridgehead atoms. The van der Waals surface area contributed by atoms with Gasteiger partial charge in [-0.05, 0) is 29.8 Å². The van der Waals surface area contributed by atoms with Gasteiger partial charge in [-0.2, -0.15) is 0 Å². The Morgan fingerprint density at radius 3 is 2.40 bits per heavy atom. The molecule has 0 spiro atoms. The molecule has 0 radical (unpaired) electrons. The van der Waals surface area contributed by atoms with E-state index in [0.717, 1.165) is 11.3 Å². The molecule has 0 N–H and O–H groups in total. The van der Waals surface area contributed by atoms with Crippen LogP contribution in [0.5, 0.6) is 0 Å². The average molecular weight is 353 g/mol. The van der Waals surface area contributed by atoms with E-state index in [2.05, 4.69) is 0 Å². The summed E-state index contributed by atoms with van der Waals surface area (Å²) in [5.41, 5.74) is 1.88. The van der Waals surface area contributed by atoms with Gasteiger partial charge in [-0.3, -0.25) is 9.59 Å². The second-order valence-corrected chi connectivity index (χ2v) is 6.08. The summed E-state index contributed by atoms with van der Waals surface area (Å²) in [6.07, 6.45) is 1.58. The van der Waals surface area contributed by atoms with E-state index in [0.29, 0.717) is 17.1 Å². The van der Waals surface area contributed by atoms with E-state index in [1.807, 2.05) is 48.5 Å². The van der Waals surface area contributed by atoms with Crippen molar-refractivity contribution in [2.45, 2.75) is 6.54 Å². The molecule has 2 aromatic carbocycles. The maximum atomic E-state index is 12.7. The van der Waals surface area contributed by atoms with Crippen LogP contribution in [0.4, 0.5) is 5.69 Å². The first-order chi connectivity index (χ1) is 12.1.